The number of carbonyl (C=O) groups is 3. The molecule has 6 rings (SSSR count). The third kappa shape index (κ3) is 11.6. The Labute approximate surface area is 346 Å². The van der Waals surface area contributed by atoms with Crippen LogP contribution in [0.3, 0.4) is 0 Å². The van der Waals surface area contributed by atoms with Crippen LogP contribution >= 0.6 is 0 Å². The molecule has 2 atom stereocenters. The summed E-state index contributed by atoms with van der Waals surface area (Å²) in [7, 11) is 0. The number of hydrogen-bond acceptors (Lipinski definition) is 9. The van der Waals surface area contributed by atoms with E-state index in [1.165, 1.54) is 30.5 Å². The molecule has 0 spiro atoms. The molecule has 1 saturated heterocycles. The molecule has 5 aromatic rings. The molecule has 1 aliphatic heterocycles. The number of aliphatic hydroxyl groups is 2. The minimum Gasteiger partial charge on any atom is -0.479 e. The number of aryl methyl sites for hydroxylation is 2. The van der Waals surface area contributed by atoms with Gasteiger partial charge >= 0.3 is 18.1 Å². The lowest BCUT2D eigenvalue weighted by atomic mass is 9.99. The molecule has 1 fully saturated rings. The summed E-state index contributed by atoms with van der Waals surface area (Å²) in [6, 6.07) is 19.8. The van der Waals surface area contributed by atoms with Crippen LogP contribution in [0.1, 0.15) is 49.2 Å². The van der Waals surface area contributed by atoms with Crippen molar-refractivity contribution in [2.24, 2.45) is 0 Å². The van der Waals surface area contributed by atoms with E-state index in [9.17, 15) is 41.1 Å². The van der Waals surface area contributed by atoms with E-state index in [0.717, 1.165) is 55.3 Å². The minimum atomic E-state index is -4.42. The van der Waals surface area contributed by atoms with Gasteiger partial charge in [-0.25, -0.2) is 23.4 Å². The number of aliphatic carboxylic acids is 2. The number of hydrogen-bond donors (Lipinski definition) is 4. The molecule has 324 valence electrons. The standard InChI is InChI=1S/C39H38F5N5O2.C4H6O6/c1-25(2)47-21-18-31(19-22-47)48(23-26-8-10-27(11-9-26)28-12-15-30(16-13-28)39(42,43)44)35(50)24-49-34(17-14-29-5-3-7-33(40)36(29)41)46-38(51)32-6-4-20-45-37(32)49;5-1(3(7)8)2(6)4(9)10/h3-13,15-16,20,25,31H,14,17-19,21-24H2,1-2H3;1-2,5-6H,(H,7,8)(H,9,10). The number of aliphatic hydroxyl groups excluding tert-OH is 2. The number of piperidine rings is 1. The van der Waals surface area contributed by atoms with Crippen molar-refractivity contribution < 1.29 is 56.8 Å². The lowest BCUT2D eigenvalue weighted by Gasteiger charge is -2.40. The van der Waals surface area contributed by atoms with E-state index in [0.29, 0.717) is 11.6 Å². The third-order valence-corrected chi connectivity index (χ3v) is 10.4. The summed E-state index contributed by atoms with van der Waals surface area (Å²) in [4.78, 5) is 59.9. The first kappa shape index (κ1) is 46.0. The number of rotatable bonds is 13. The first-order valence-corrected chi connectivity index (χ1v) is 19.2. The molecule has 13 nitrogen and oxygen atoms in total. The predicted molar refractivity (Wildman–Crippen MR) is 212 cm³/mol. The second-order valence-corrected chi connectivity index (χ2v) is 14.7. The summed E-state index contributed by atoms with van der Waals surface area (Å²) in [5.41, 5.74) is 1.38. The van der Waals surface area contributed by atoms with Crippen LogP contribution in [-0.4, -0.2) is 100.0 Å². The van der Waals surface area contributed by atoms with Gasteiger partial charge in [-0.1, -0.05) is 48.5 Å². The van der Waals surface area contributed by atoms with E-state index < -0.39 is 53.1 Å². The first-order chi connectivity index (χ1) is 28.8. The van der Waals surface area contributed by atoms with Gasteiger partial charge < -0.3 is 34.8 Å². The molecule has 4 N–H and O–H groups in total. The van der Waals surface area contributed by atoms with Crippen molar-refractivity contribution in [2.75, 3.05) is 13.1 Å². The Hall–Kier alpha value is -6.11. The number of fused-ring (bicyclic) bond motifs is 1. The second kappa shape index (κ2) is 20.0. The molecule has 2 aromatic heterocycles. The highest BCUT2D eigenvalue weighted by molar-refractivity contribution is 5.83. The molecule has 3 heterocycles. The topological polar surface area (TPSA) is 186 Å². The van der Waals surface area contributed by atoms with Gasteiger partial charge in [0.05, 0.1) is 10.9 Å². The molecular formula is C43H44F5N5O8. The Morgan fingerprint density at radius 1 is 0.836 bits per heavy atom. The Kier molecular flexibility index (Phi) is 15.0. The van der Waals surface area contributed by atoms with Gasteiger partial charge in [-0.2, -0.15) is 18.2 Å². The number of pyridine rings is 1. The molecule has 61 heavy (non-hydrogen) atoms. The van der Waals surface area contributed by atoms with Gasteiger partial charge in [0.25, 0.3) is 5.56 Å². The largest absolute Gasteiger partial charge is 0.479 e. The number of likely N-dealkylation sites (tertiary alicyclic amines) is 1. The summed E-state index contributed by atoms with van der Waals surface area (Å²) < 4.78 is 69.3. The number of alkyl halides is 3. The number of carboxylic acids is 2. The Balaban J connectivity index is 0.000000626. The van der Waals surface area contributed by atoms with Crippen LogP contribution in [0, 0.1) is 11.6 Å². The molecule has 0 aliphatic carbocycles. The summed E-state index contributed by atoms with van der Waals surface area (Å²) >= 11 is 0. The number of aromatic nitrogens is 3. The van der Waals surface area contributed by atoms with Crippen LogP contribution < -0.4 is 5.56 Å². The van der Waals surface area contributed by atoms with Gasteiger partial charge in [0.1, 0.15) is 18.0 Å². The Morgan fingerprint density at radius 2 is 1.43 bits per heavy atom. The van der Waals surface area contributed by atoms with E-state index in [1.54, 1.807) is 16.7 Å². The van der Waals surface area contributed by atoms with Gasteiger partial charge in [-0.05, 0) is 85.7 Å². The minimum absolute atomic E-state index is 0.0468. The van der Waals surface area contributed by atoms with Gasteiger partial charge in [0.2, 0.25) is 5.91 Å². The van der Waals surface area contributed by atoms with Crippen molar-refractivity contribution in [3.05, 3.63) is 130 Å². The summed E-state index contributed by atoms with van der Waals surface area (Å²) in [5, 5.41) is 32.8. The van der Waals surface area contributed by atoms with E-state index in [4.69, 9.17) is 20.4 Å². The number of halogens is 5. The first-order valence-electron chi connectivity index (χ1n) is 19.2. The Bertz CT molecular complexity index is 2370. The highest BCUT2D eigenvalue weighted by atomic mass is 19.4. The van der Waals surface area contributed by atoms with Gasteiger partial charge in [-0.3, -0.25) is 9.59 Å². The van der Waals surface area contributed by atoms with E-state index in [-0.39, 0.29) is 60.3 Å². The molecular weight excluding hydrogens is 809 g/mol. The number of amides is 1. The van der Waals surface area contributed by atoms with Crippen LogP contribution in [-0.2, 0) is 46.5 Å². The zero-order valence-electron chi connectivity index (χ0n) is 33.1. The quantitative estimate of drug-likeness (QED) is 0.112. The Morgan fingerprint density at radius 3 is 1.98 bits per heavy atom. The van der Waals surface area contributed by atoms with E-state index >= 15 is 0 Å². The summed E-state index contributed by atoms with van der Waals surface area (Å²) in [6.07, 6.45) is -5.82. The fourth-order valence-electron chi connectivity index (χ4n) is 6.97. The number of carboxylic acid groups (broad SMARTS) is 2. The molecule has 0 saturated carbocycles. The number of nitrogens with zero attached hydrogens (tertiary/aromatic N) is 5. The van der Waals surface area contributed by atoms with Crippen LogP contribution in [0.15, 0.2) is 89.9 Å². The van der Waals surface area contributed by atoms with E-state index in [1.807, 2.05) is 29.2 Å². The molecule has 1 aliphatic rings. The normalized spacial score (nSPS) is 14.6. The summed E-state index contributed by atoms with van der Waals surface area (Å²) in [6.45, 7) is 6.00. The van der Waals surface area contributed by atoms with Gasteiger partial charge in [0.15, 0.2) is 23.8 Å². The van der Waals surface area contributed by atoms with Gasteiger partial charge in [0, 0.05) is 44.3 Å². The van der Waals surface area contributed by atoms with E-state index in [2.05, 4.69) is 28.7 Å². The van der Waals surface area contributed by atoms with Crippen LogP contribution in [0.25, 0.3) is 22.2 Å². The predicted octanol–water partition coefficient (Wildman–Crippen LogP) is 5.32. The fraction of sp³-hybridized carbons (Fsp3) is 0.349. The average Bonchev–Trinajstić information content (AvgIpc) is 3.24. The average molecular weight is 854 g/mol. The monoisotopic (exact) mass is 853 g/mol. The zero-order chi connectivity index (χ0) is 44.6. The van der Waals surface area contributed by atoms with Crippen molar-refractivity contribution >= 4 is 28.9 Å². The lowest BCUT2D eigenvalue weighted by Crippen LogP contribution is -2.49. The van der Waals surface area contributed by atoms with Crippen LogP contribution in [0.4, 0.5) is 22.0 Å². The number of carbonyl (C=O) groups excluding carboxylic acids is 1. The van der Waals surface area contributed by atoms with Crippen molar-refractivity contribution in [3.63, 3.8) is 0 Å². The lowest BCUT2D eigenvalue weighted by molar-refractivity contribution is -0.165. The van der Waals surface area contributed by atoms with Gasteiger partial charge in [-0.15, -0.1) is 0 Å². The molecule has 2 unspecified atom stereocenters. The maximum atomic E-state index is 14.5. The van der Waals surface area contributed by atoms with Crippen LogP contribution in [0.2, 0.25) is 0 Å². The smallest absolute Gasteiger partial charge is 0.416 e. The number of benzene rings is 3. The SMILES string of the molecule is CC(C)N1CCC(N(Cc2ccc(-c3ccc(C(F)(F)F)cc3)cc2)C(=O)Cn2c(CCc3cccc(F)c3F)nc(=O)c3cccnc32)CC1.O=C(O)C(O)C(O)C(=O)O. The highest BCUT2D eigenvalue weighted by Gasteiger charge is 2.32. The van der Waals surface area contributed by atoms with Crippen molar-refractivity contribution in [3.8, 4) is 11.1 Å². The fourth-order valence-corrected chi connectivity index (χ4v) is 6.97. The third-order valence-electron chi connectivity index (χ3n) is 10.4. The molecule has 3 aromatic carbocycles. The highest BCUT2D eigenvalue weighted by Crippen LogP contribution is 2.31. The maximum absolute atomic E-state index is 14.5. The second-order valence-electron chi connectivity index (χ2n) is 14.7. The van der Waals surface area contributed by atoms with Crippen molar-refractivity contribution in [1.29, 1.82) is 0 Å². The molecule has 0 bridgehead atoms. The summed E-state index contributed by atoms with van der Waals surface area (Å²) in [5.74, 6) is -5.46. The molecule has 18 heteroatoms. The maximum Gasteiger partial charge on any atom is 0.416 e. The van der Waals surface area contributed by atoms with Crippen molar-refractivity contribution in [2.45, 2.75) is 83.1 Å². The van der Waals surface area contributed by atoms with Crippen molar-refractivity contribution in [1.82, 2.24) is 24.3 Å². The molecule has 1 amide bonds. The zero-order valence-corrected chi connectivity index (χ0v) is 33.1. The van der Waals surface area contributed by atoms with Crippen LogP contribution in [0.5, 0.6) is 0 Å². The molecule has 0 radical (unpaired) electrons.